The second-order valence-corrected chi connectivity index (χ2v) is 4.08. The van der Waals surface area contributed by atoms with Gasteiger partial charge in [0.05, 0.1) is 6.07 Å². The fourth-order valence-electron chi connectivity index (χ4n) is 1.94. The van der Waals surface area contributed by atoms with Crippen LogP contribution >= 0.6 is 0 Å². The second kappa shape index (κ2) is 4.95. The summed E-state index contributed by atoms with van der Waals surface area (Å²) >= 11 is 0. The molecule has 1 N–H and O–H groups in total. The van der Waals surface area contributed by atoms with E-state index in [9.17, 15) is 0 Å². The Morgan fingerprint density at radius 2 is 2.13 bits per heavy atom. The van der Waals surface area contributed by atoms with Crippen LogP contribution in [0.25, 0.3) is 0 Å². The number of nitriles is 1. The van der Waals surface area contributed by atoms with E-state index in [4.69, 9.17) is 5.26 Å². The number of hydrogen-bond donors (Lipinski definition) is 1. The van der Waals surface area contributed by atoms with E-state index in [0.717, 1.165) is 13.0 Å². The molecule has 1 fully saturated rings. The van der Waals surface area contributed by atoms with Crippen LogP contribution in [0, 0.1) is 11.3 Å². The van der Waals surface area contributed by atoms with E-state index in [1.54, 1.807) is 0 Å². The predicted molar refractivity (Wildman–Crippen MR) is 60.4 cm³/mol. The maximum Gasteiger partial charge on any atom is 0.0622 e. The maximum atomic E-state index is 8.40. The largest absolute Gasteiger partial charge is 0.313 e. The predicted octanol–water partition coefficient (Wildman–Crippen LogP) is 2.44. The summed E-state index contributed by atoms with van der Waals surface area (Å²) in [4.78, 5) is 0. The molecule has 0 heterocycles. The average Bonchev–Trinajstić information content (AvgIpc) is 3.05. The molecule has 0 aliphatic heterocycles. The van der Waals surface area contributed by atoms with Gasteiger partial charge in [0, 0.05) is 18.4 Å². The monoisotopic (exact) mass is 200 g/mol. The number of nitrogens with one attached hydrogen (secondary N) is 1. The van der Waals surface area contributed by atoms with Crippen molar-refractivity contribution in [3.8, 4) is 6.07 Å². The van der Waals surface area contributed by atoms with Crippen molar-refractivity contribution in [2.45, 2.75) is 31.2 Å². The van der Waals surface area contributed by atoms with Gasteiger partial charge in [-0.3, -0.25) is 0 Å². The van der Waals surface area contributed by atoms with Crippen molar-refractivity contribution in [2.75, 3.05) is 6.54 Å². The van der Waals surface area contributed by atoms with Crippen molar-refractivity contribution < 1.29 is 0 Å². The van der Waals surface area contributed by atoms with E-state index < -0.39 is 0 Å². The summed E-state index contributed by atoms with van der Waals surface area (Å²) in [6, 6.07) is 13.5. The third kappa shape index (κ3) is 2.81. The lowest BCUT2D eigenvalue weighted by Gasteiger charge is -2.02. The lowest BCUT2D eigenvalue weighted by atomic mass is 10.1. The highest BCUT2D eigenvalue weighted by Crippen LogP contribution is 2.40. The Kier molecular flexibility index (Phi) is 3.37. The molecule has 0 aromatic heterocycles. The van der Waals surface area contributed by atoms with E-state index in [0.29, 0.717) is 18.4 Å². The molecule has 0 amide bonds. The van der Waals surface area contributed by atoms with Gasteiger partial charge in [0.15, 0.2) is 0 Å². The van der Waals surface area contributed by atoms with E-state index in [1.165, 1.54) is 12.0 Å². The fraction of sp³-hybridized carbons (Fsp3) is 0.462. The van der Waals surface area contributed by atoms with Gasteiger partial charge in [-0.1, -0.05) is 30.3 Å². The molecule has 1 aliphatic rings. The zero-order valence-electron chi connectivity index (χ0n) is 8.82. The molecule has 2 unspecified atom stereocenters. The minimum atomic E-state index is 0.645. The normalized spacial score (nSPS) is 23.4. The Morgan fingerprint density at radius 3 is 2.87 bits per heavy atom. The van der Waals surface area contributed by atoms with Gasteiger partial charge in [0.2, 0.25) is 0 Å². The van der Waals surface area contributed by atoms with Crippen LogP contribution in [-0.2, 0) is 0 Å². The summed E-state index contributed by atoms with van der Waals surface area (Å²) in [6.45, 7) is 0.974. The molecule has 78 valence electrons. The molecule has 15 heavy (non-hydrogen) atoms. The lowest BCUT2D eigenvalue weighted by molar-refractivity contribution is 0.642. The van der Waals surface area contributed by atoms with Crippen LogP contribution in [0.5, 0.6) is 0 Å². The van der Waals surface area contributed by atoms with Crippen molar-refractivity contribution in [2.24, 2.45) is 0 Å². The molecule has 1 aromatic rings. The van der Waals surface area contributed by atoms with Crippen LogP contribution in [0.4, 0.5) is 0 Å². The van der Waals surface area contributed by atoms with Crippen molar-refractivity contribution >= 4 is 0 Å². The SMILES string of the molecule is N#CCCCNC1CC1c1ccccc1. The first-order valence-electron chi connectivity index (χ1n) is 5.57. The Hall–Kier alpha value is -1.33. The fourth-order valence-corrected chi connectivity index (χ4v) is 1.94. The Labute approximate surface area is 90.9 Å². The number of nitrogens with zero attached hydrogens (tertiary/aromatic N) is 1. The first kappa shape index (κ1) is 10.2. The summed E-state index contributed by atoms with van der Waals surface area (Å²) in [7, 11) is 0. The minimum Gasteiger partial charge on any atom is -0.313 e. The second-order valence-electron chi connectivity index (χ2n) is 4.08. The van der Waals surface area contributed by atoms with Gasteiger partial charge in [0.1, 0.15) is 0 Å². The third-order valence-electron chi connectivity index (χ3n) is 2.89. The van der Waals surface area contributed by atoms with Crippen LogP contribution in [0.1, 0.15) is 30.7 Å². The number of hydrogen-bond acceptors (Lipinski definition) is 2. The average molecular weight is 200 g/mol. The van der Waals surface area contributed by atoms with Crippen LogP contribution < -0.4 is 5.32 Å². The van der Waals surface area contributed by atoms with Crippen LogP contribution in [0.3, 0.4) is 0 Å². The standard InChI is InChI=1S/C13H16N2/c14-8-4-5-9-15-13-10-12(13)11-6-2-1-3-7-11/h1-3,6-7,12-13,15H,4-5,9-10H2. The van der Waals surface area contributed by atoms with Crippen molar-refractivity contribution in [1.82, 2.24) is 5.32 Å². The molecule has 0 spiro atoms. The summed E-state index contributed by atoms with van der Waals surface area (Å²) in [6.07, 6.45) is 2.88. The number of unbranched alkanes of at least 4 members (excludes halogenated alkanes) is 1. The highest BCUT2D eigenvalue weighted by atomic mass is 15.0. The zero-order chi connectivity index (χ0) is 10.5. The van der Waals surface area contributed by atoms with Gasteiger partial charge in [-0.25, -0.2) is 0 Å². The van der Waals surface area contributed by atoms with Crippen molar-refractivity contribution in [3.63, 3.8) is 0 Å². The molecule has 0 saturated heterocycles. The molecule has 2 rings (SSSR count). The van der Waals surface area contributed by atoms with E-state index >= 15 is 0 Å². The summed E-state index contributed by atoms with van der Waals surface area (Å²) in [5, 5.41) is 11.9. The molecule has 2 atom stereocenters. The van der Waals surface area contributed by atoms with Crippen LogP contribution in [-0.4, -0.2) is 12.6 Å². The Balaban J connectivity index is 1.71. The highest BCUT2D eigenvalue weighted by Gasteiger charge is 2.37. The molecule has 1 aromatic carbocycles. The molecule has 2 heteroatoms. The third-order valence-corrected chi connectivity index (χ3v) is 2.89. The van der Waals surface area contributed by atoms with Gasteiger partial charge in [-0.15, -0.1) is 0 Å². The number of benzene rings is 1. The molecule has 0 radical (unpaired) electrons. The first-order chi connectivity index (χ1) is 7.42. The Bertz CT molecular complexity index is 339. The van der Waals surface area contributed by atoms with Crippen LogP contribution in [0.2, 0.25) is 0 Å². The first-order valence-corrected chi connectivity index (χ1v) is 5.57. The summed E-state index contributed by atoms with van der Waals surface area (Å²) < 4.78 is 0. The van der Waals surface area contributed by atoms with E-state index in [2.05, 4.69) is 41.7 Å². The molecular formula is C13H16N2. The van der Waals surface area contributed by atoms with E-state index in [-0.39, 0.29) is 0 Å². The van der Waals surface area contributed by atoms with Gasteiger partial charge in [0.25, 0.3) is 0 Å². The summed E-state index contributed by atoms with van der Waals surface area (Å²) in [5.74, 6) is 0.702. The summed E-state index contributed by atoms with van der Waals surface area (Å²) in [5.41, 5.74) is 1.44. The van der Waals surface area contributed by atoms with Crippen LogP contribution in [0.15, 0.2) is 30.3 Å². The van der Waals surface area contributed by atoms with Gasteiger partial charge >= 0.3 is 0 Å². The molecule has 1 saturated carbocycles. The molecular weight excluding hydrogens is 184 g/mol. The van der Waals surface area contributed by atoms with Gasteiger partial charge in [-0.05, 0) is 24.9 Å². The van der Waals surface area contributed by atoms with Crippen molar-refractivity contribution in [1.29, 1.82) is 5.26 Å². The van der Waals surface area contributed by atoms with Gasteiger partial charge < -0.3 is 5.32 Å². The quantitative estimate of drug-likeness (QED) is 0.741. The molecule has 2 nitrogen and oxygen atoms in total. The Morgan fingerprint density at radius 1 is 1.33 bits per heavy atom. The molecule has 1 aliphatic carbocycles. The van der Waals surface area contributed by atoms with E-state index in [1.807, 2.05) is 0 Å². The van der Waals surface area contributed by atoms with Crippen molar-refractivity contribution in [3.05, 3.63) is 35.9 Å². The highest BCUT2D eigenvalue weighted by molar-refractivity contribution is 5.27. The maximum absolute atomic E-state index is 8.40. The topological polar surface area (TPSA) is 35.8 Å². The smallest absolute Gasteiger partial charge is 0.0622 e. The minimum absolute atomic E-state index is 0.645. The number of rotatable bonds is 5. The lowest BCUT2D eigenvalue weighted by Crippen LogP contribution is -2.18. The molecule has 0 bridgehead atoms. The zero-order valence-corrected chi connectivity index (χ0v) is 8.82. The van der Waals surface area contributed by atoms with Gasteiger partial charge in [-0.2, -0.15) is 5.26 Å².